The number of hydrogen-bond acceptors (Lipinski definition) is 5. The van der Waals surface area contributed by atoms with Crippen LogP contribution in [-0.2, 0) is 16.2 Å². The second-order valence-electron chi connectivity index (χ2n) is 9.23. The smallest absolute Gasteiger partial charge is 0.335 e. The molecule has 39 heavy (non-hydrogen) atoms. The number of imide groups is 2. The van der Waals surface area contributed by atoms with E-state index < -0.39 is 17.8 Å². The van der Waals surface area contributed by atoms with E-state index in [4.69, 9.17) is 9.47 Å². The maximum Gasteiger partial charge on any atom is 0.335 e. The van der Waals surface area contributed by atoms with Gasteiger partial charge in [-0.2, -0.15) is 0 Å². The van der Waals surface area contributed by atoms with E-state index >= 15 is 0 Å². The van der Waals surface area contributed by atoms with Gasteiger partial charge in [-0.3, -0.25) is 14.9 Å². The number of ether oxygens (including phenoxy) is 2. The van der Waals surface area contributed by atoms with Crippen LogP contribution in [0.5, 0.6) is 11.5 Å². The maximum absolute atomic E-state index is 13.5. The average molecular weight is 585 g/mol. The number of rotatable bonds is 7. The molecular weight excluding hydrogens is 560 g/mol. The fraction of sp³-hybridized carbons (Fsp3) is 0.129. The number of hydrogen-bond donors (Lipinski definition) is 1. The number of anilines is 1. The van der Waals surface area contributed by atoms with Crippen LogP contribution in [0.3, 0.4) is 0 Å². The minimum absolute atomic E-state index is 0.123. The lowest BCUT2D eigenvalue weighted by Crippen LogP contribution is -2.54. The minimum Gasteiger partial charge on any atom is -0.490 e. The molecule has 4 aromatic carbocycles. The van der Waals surface area contributed by atoms with Crippen LogP contribution in [0.15, 0.2) is 95.0 Å². The van der Waals surface area contributed by atoms with Gasteiger partial charge in [-0.1, -0.05) is 58.4 Å². The molecule has 1 N–H and O–H groups in total. The molecule has 1 aliphatic heterocycles. The summed E-state index contributed by atoms with van der Waals surface area (Å²) in [4.78, 5) is 40.1. The lowest BCUT2D eigenvalue weighted by molar-refractivity contribution is -0.122. The van der Waals surface area contributed by atoms with Gasteiger partial charge in [0.1, 0.15) is 23.7 Å². The Balaban J connectivity index is 1.44. The summed E-state index contributed by atoms with van der Waals surface area (Å²) >= 11 is 3.41. The zero-order chi connectivity index (χ0) is 27.5. The molecule has 0 unspecified atom stereocenters. The normalized spacial score (nSPS) is 14.7. The zero-order valence-corrected chi connectivity index (χ0v) is 22.9. The van der Waals surface area contributed by atoms with Gasteiger partial charge in [0.2, 0.25) is 0 Å². The van der Waals surface area contributed by atoms with Crippen LogP contribution in [0.1, 0.15) is 25.0 Å². The van der Waals surface area contributed by atoms with Crippen molar-refractivity contribution < 1.29 is 23.9 Å². The SMILES string of the molecule is CC(C)Oc1ccc2ccccc2c1/C=C1\C(=O)NC(=O)N(c2ccc(OCc3ccc(Br)cc3)cc2)C1=O. The molecule has 0 radical (unpaired) electrons. The van der Waals surface area contributed by atoms with Gasteiger partial charge >= 0.3 is 6.03 Å². The number of fused-ring (bicyclic) bond motifs is 1. The summed E-state index contributed by atoms with van der Waals surface area (Å²) < 4.78 is 12.8. The minimum atomic E-state index is -0.817. The standard InChI is InChI=1S/C31H25BrN2O5/c1-19(2)39-28-16-9-21-5-3-4-6-25(21)26(28)17-27-29(35)33-31(37)34(30(27)36)23-12-14-24(15-13-23)38-18-20-7-10-22(32)11-8-20/h3-17,19H,18H2,1-2H3,(H,33,35,37)/b27-17+. The van der Waals surface area contributed by atoms with E-state index in [1.165, 1.54) is 6.08 Å². The van der Waals surface area contributed by atoms with E-state index in [1.54, 1.807) is 24.3 Å². The number of carbonyl (C=O) groups is 3. The Morgan fingerprint density at radius 2 is 1.62 bits per heavy atom. The Bertz CT molecular complexity index is 1590. The monoisotopic (exact) mass is 584 g/mol. The highest BCUT2D eigenvalue weighted by molar-refractivity contribution is 9.10. The van der Waals surface area contributed by atoms with Crippen LogP contribution in [0.25, 0.3) is 16.8 Å². The van der Waals surface area contributed by atoms with Gasteiger partial charge in [0.25, 0.3) is 11.8 Å². The molecule has 0 atom stereocenters. The summed E-state index contributed by atoms with van der Waals surface area (Å²) in [6.45, 7) is 4.16. The fourth-order valence-corrected chi connectivity index (χ4v) is 4.52. The highest BCUT2D eigenvalue weighted by Crippen LogP contribution is 2.32. The molecule has 8 heteroatoms. The molecular formula is C31H25BrN2O5. The average Bonchev–Trinajstić information content (AvgIpc) is 2.92. The summed E-state index contributed by atoms with van der Waals surface area (Å²) in [6, 6.07) is 24.9. The summed E-state index contributed by atoms with van der Waals surface area (Å²) in [5.74, 6) is -0.382. The first-order valence-corrected chi connectivity index (χ1v) is 13.2. The molecule has 1 saturated heterocycles. The highest BCUT2D eigenvalue weighted by Gasteiger charge is 2.37. The van der Waals surface area contributed by atoms with Crippen LogP contribution in [0.2, 0.25) is 0 Å². The molecule has 5 rings (SSSR count). The van der Waals surface area contributed by atoms with E-state index in [9.17, 15) is 14.4 Å². The molecule has 0 spiro atoms. The van der Waals surface area contributed by atoms with Crippen molar-refractivity contribution in [1.82, 2.24) is 5.32 Å². The third-order valence-electron chi connectivity index (χ3n) is 6.10. The maximum atomic E-state index is 13.5. The van der Waals surface area contributed by atoms with Crippen molar-refractivity contribution in [3.05, 3.63) is 106 Å². The first-order valence-electron chi connectivity index (χ1n) is 12.4. The quantitative estimate of drug-likeness (QED) is 0.194. The molecule has 0 aromatic heterocycles. The Morgan fingerprint density at radius 3 is 2.33 bits per heavy atom. The predicted molar refractivity (Wildman–Crippen MR) is 154 cm³/mol. The van der Waals surface area contributed by atoms with Crippen LogP contribution >= 0.6 is 15.9 Å². The van der Waals surface area contributed by atoms with Crippen molar-refractivity contribution in [1.29, 1.82) is 0 Å². The zero-order valence-electron chi connectivity index (χ0n) is 21.3. The Morgan fingerprint density at radius 1 is 0.897 bits per heavy atom. The summed E-state index contributed by atoms with van der Waals surface area (Å²) in [5.41, 5.74) is 1.72. The Hall–Kier alpha value is -4.43. The van der Waals surface area contributed by atoms with Gasteiger partial charge in [-0.25, -0.2) is 9.69 Å². The molecule has 0 bridgehead atoms. The number of halogens is 1. The lowest BCUT2D eigenvalue weighted by Gasteiger charge is -2.26. The topological polar surface area (TPSA) is 84.9 Å². The van der Waals surface area contributed by atoms with Crippen LogP contribution in [0.4, 0.5) is 10.5 Å². The van der Waals surface area contributed by atoms with Gasteiger partial charge in [0.15, 0.2) is 0 Å². The molecule has 7 nitrogen and oxygen atoms in total. The number of benzene rings is 4. The molecule has 1 heterocycles. The first kappa shape index (κ1) is 26.2. The molecule has 0 saturated carbocycles. The highest BCUT2D eigenvalue weighted by atomic mass is 79.9. The number of barbiturate groups is 1. The third kappa shape index (κ3) is 5.71. The Kier molecular flexibility index (Phi) is 7.47. The van der Waals surface area contributed by atoms with Crippen LogP contribution in [-0.4, -0.2) is 23.9 Å². The number of amides is 4. The third-order valence-corrected chi connectivity index (χ3v) is 6.63. The van der Waals surface area contributed by atoms with Gasteiger partial charge in [0.05, 0.1) is 11.8 Å². The second-order valence-corrected chi connectivity index (χ2v) is 10.1. The largest absolute Gasteiger partial charge is 0.490 e. The van der Waals surface area contributed by atoms with E-state index in [-0.39, 0.29) is 11.7 Å². The molecule has 0 aliphatic carbocycles. The second kappa shape index (κ2) is 11.1. The molecule has 196 valence electrons. The van der Waals surface area contributed by atoms with Gasteiger partial charge in [0, 0.05) is 10.0 Å². The molecule has 1 aliphatic rings. The fourth-order valence-electron chi connectivity index (χ4n) is 4.26. The molecule has 1 fully saturated rings. The van der Waals surface area contributed by atoms with E-state index in [0.717, 1.165) is 25.7 Å². The van der Waals surface area contributed by atoms with Crippen LogP contribution in [0, 0.1) is 0 Å². The summed E-state index contributed by atoms with van der Waals surface area (Å²) in [7, 11) is 0. The number of carbonyl (C=O) groups excluding carboxylic acids is 3. The van der Waals surface area contributed by atoms with Gasteiger partial charge in [-0.15, -0.1) is 0 Å². The number of urea groups is 1. The predicted octanol–water partition coefficient (Wildman–Crippen LogP) is 6.63. The molecule has 4 amide bonds. The van der Waals surface area contributed by atoms with Crippen molar-refractivity contribution in [3.8, 4) is 11.5 Å². The van der Waals surface area contributed by atoms with Gasteiger partial charge < -0.3 is 9.47 Å². The van der Waals surface area contributed by atoms with E-state index in [1.807, 2.05) is 74.5 Å². The summed E-state index contributed by atoms with van der Waals surface area (Å²) in [5, 5.41) is 4.03. The number of nitrogens with one attached hydrogen (secondary N) is 1. The van der Waals surface area contributed by atoms with Crippen molar-refractivity contribution in [2.75, 3.05) is 4.90 Å². The van der Waals surface area contributed by atoms with Gasteiger partial charge in [-0.05, 0) is 78.7 Å². The van der Waals surface area contributed by atoms with E-state index in [0.29, 0.717) is 29.4 Å². The Labute approximate surface area is 234 Å². The van der Waals surface area contributed by atoms with Crippen molar-refractivity contribution in [2.45, 2.75) is 26.6 Å². The van der Waals surface area contributed by atoms with E-state index in [2.05, 4.69) is 21.2 Å². The van der Waals surface area contributed by atoms with Crippen molar-refractivity contribution in [3.63, 3.8) is 0 Å². The first-order chi connectivity index (χ1) is 18.8. The lowest BCUT2D eigenvalue weighted by atomic mass is 9.99. The summed E-state index contributed by atoms with van der Waals surface area (Å²) in [6.07, 6.45) is 1.37. The van der Waals surface area contributed by atoms with Crippen LogP contribution < -0.4 is 19.7 Å². The molecule has 4 aromatic rings. The number of nitrogens with zero attached hydrogens (tertiary/aromatic N) is 1. The van der Waals surface area contributed by atoms with Crippen molar-refractivity contribution in [2.24, 2.45) is 0 Å². The van der Waals surface area contributed by atoms with Crippen molar-refractivity contribution >= 4 is 56.3 Å².